The summed E-state index contributed by atoms with van der Waals surface area (Å²) in [6, 6.07) is 16.2. The molecule has 2 N–H and O–H groups in total. The van der Waals surface area contributed by atoms with Gasteiger partial charge < -0.3 is 15.0 Å². The van der Waals surface area contributed by atoms with Gasteiger partial charge in [0.2, 0.25) is 5.89 Å². The van der Waals surface area contributed by atoms with Crippen molar-refractivity contribution < 1.29 is 9.26 Å². The number of benzene rings is 2. The summed E-state index contributed by atoms with van der Waals surface area (Å²) in [5.41, 5.74) is 9.45. The molecule has 0 aliphatic carbocycles. The van der Waals surface area contributed by atoms with Gasteiger partial charge in [0.1, 0.15) is 0 Å². The van der Waals surface area contributed by atoms with Crippen molar-refractivity contribution in [3.05, 3.63) is 65.7 Å². The number of ether oxygens (including phenoxy) is 1. The molecule has 2 aromatic heterocycles. The van der Waals surface area contributed by atoms with Gasteiger partial charge in [-0.1, -0.05) is 30.3 Å². The SMILES string of the molecule is COCc1nn(-c2ccccc2)c2cc(Cc3nc(N)no3)ccc12. The van der Waals surface area contributed by atoms with Gasteiger partial charge in [-0.05, 0) is 28.9 Å². The van der Waals surface area contributed by atoms with E-state index in [1.165, 1.54) is 0 Å². The third-order valence-electron chi connectivity index (χ3n) is 3.94. The van der Waals surface area contributed by atoms with Crippen LogP contribution >= 0.6 is 0 Å². The molecule has 2 heterocycles. The molecule has 7 heteroatoms. The van der Waals surface area contributed by atoms with Crippen LogP contribution in [0.5, 0.6) is 0 Å². The highest BCUT2D eigenvalue weighted by Crippen LogP contribution is 2.25. The maximum absolute atomic E-state index is 5.52. The van der Waals surface area contributed by atoms with E-state index in [1.54, 1.807) is 7.11 Å². The molecule has 0 amide bonds. The van der Waals surface area contributed by atoms with E-state index in [1.807, 2.05) is 47.1 Å². The van der Waals surface area contributed by atoms with E-state index in [0.717, 1.165) is 27.8 Å². The Labute approximate surface area is 144 Å². The molecule has 0 spiro atoms. The zero-order valence-electron chi connectivity index (χ0n) is 13.7. The first-order valence-electron chi connectivity index (χ1n) is 7.87. The third kappa shape index (κ3) is 2.97. The standard InChI is InChI=1S/C18H17N5O2/c1-24-11-15-14-8-7-12(10-17-20-18(19)22-25-17)9-16(14)23(21-15)13-5-3-2-4-6-13/h2-9H,10-11H2,1H3,(H2,19,22). The molecule has 0 bridgehead atoms. The summed E-state index contributed by atoms with van der Waals surface area (Å²) in [6.45, 7) is 0.454. The van der Waals surface area contributed by atoms with Gasteiger partial charge in [0.25, 0.3) is 5.95 Å². The van der Waals surface area contributed by atoms with Crippen molar-refractivity contribution in [1.29, 1.82) is 0 Å². The molecule has 0 saturated carbocycles. The van der Waals surface area contributed by atoms with Crippen LogP contribution < -0.4 is 5.73 Å². The van der Waals surface area contributed by atoms with Crippen LogP contribution in [0, 0.1) is 0 Å². The minimum atomic E-state index is 0.146. The summed E-state index contributed by atoms with van der Waals surface area (Å²) in [4.78, 5) is 4.06. The number of methoxy groups -OCH3 is 1. The normalized spacial score (nSPS) is 11.2. The maximum Gasteiger partial charge on any atom is 0.260 e. The molecule has 126 valence electrons. The Morgan fingerprint density at radius 1 is 1.16 bits per heavy atom. The second-order valence-electron chi connectivity index (χ2n) is 5.70. The van der Waals surface area contributed by atoms with E-state index >= 15 is 0 Å². The van der Waals surface area contributed by atoms with E-state index in [2.05, 4.69) is 16.2 Å². The van der Waals surface area contributed by atoms with Crippen molar-refractivity contribution in [2.45, 2.75) is 13.0 Å². The molecule has 0 unspecified atom stereocenters. The first kappa shape index (κ1) is 15.3. The number of nitrogens with two attached hydrogens (primary N) is 1. The van der Waals surface area contributed by atoms with E-state index in [0.29, 0.717) is 18.9 Å². The highest BCUT2D eigenvalue weighted by atomic mass is 16.5. The molecular formula is C18H17N5O2. The van der Waals surface area contributed by atoms with E-state index in [4.69, 9.17) is 20.1 Å². The van der Waals surface area contributed by atoms with Gasteiger partial charge in [-0.25, -0.2) is 4.68 Å². The van der Waals surface area contributed by atoms with Crippen molar-refractivity contribution >= 4 is 16.9 Å². The van der Waals surface area contributed by atoms with Gasteiger partial charge in [0, 0.05) is 12.5 Å². The predicted molar refractivity (Wildman–Crippen MR) is 93.3 cm³/mol. The molecule has 25 heavy (non-hydrogen) atoms. The van der Waals surface area contributed by atoms with Gasteiger partial charge in [0.05, 0.1) is 29.9 Å². The molecule has 4 aromatic rings. The number of rotatable bonds is 5. The number of nitrogen functional groups attached to an aromatic ring is 1. The number of hydrogen-bond acceptors (Lipinski definition) is 6. The Kier molecular flexibility index (Phi) is 3.91. The molecule has 0 aliphatic rings. The first-order valence-corrected chi connectivity index (χ1v) is 7.87. The van der Waals surface area contributed by atoms with Crippen molar-refractivity contribution in [2.75, 3.05) is 12.8 Å². The number of para-hydroxylation sites is 1. The molecule has 0 saturated heterocycles. The van der Waals surface area contributed by atoms with E-state index in [-0.39, 0.29) is 5.95 Å². The van der Waals surface area contributed by atoms with Crippen LogP contribution in [0.4, 0.5) is 5.95 Å². The van der Waals surface area contributed by atoms with Crippen LogP contribution in [0.25, 0.3) is 16.6 Å². The van der Waals surface area contributed by atoms with Gasteiger partial charge in [-0.3, -0.25) is 0 Å². The first-order chi connectivity index (χ1) is 12.2. The Hall–Kier alpha value is -3.19. The second kappa shape index (κ2) is 6.37. The van der Waals surface area contributed by atoms with Crippen LogP contribution in [0.1, 0.15) is 17.1 Å². The number of aromatic nitrogens is 4. The fraction of sp³-hybridized carbons (Fsp3) is 0.167. The van der Waals surface area contributed by atoms with Crippen molar-refractivity contribution in [1.82, 2.24) is 19.9 Å². The lowest BCUT2D eigenvalue weighted by Crippen LogP contribution is -1.98. The van der Waals surface area contributed by atoms with Crippen LogP contribution in [0.15, 0.2) is 53.1 Å². The Bertz CT molecular complexity index is 1010. The van der Waals surface area contributed by atoms with Crippen LogP contribution in [0.3, 0.4) is 0 Å². The summed E-state index contributed by atoms with van der Waals surface area (Å²) in [7, 11) is 1.67. The Morgan fingerprint density at radius 2 is 2.00 bits per heavy atom. The molecule has 7 nitrogen and oxygen atoms in total. The van der Waals surface area contributed by atoms with Crippen LogP contribution in [-0.4, -0.2) is 27.0 Å². The van der Waals surface area contributed by atoms with Crippen LogP contribution in [-0.2, 0) is 17.8 Å². The monoisotopic (exact) mass is 335 g/mol. The summed E-state index contributed by atoms with van der Waals surface area (Å²) in [5, 5.41) is 9.40. The fourth-order valence-corrected chi connectivity index (χ4v) is 2.86. The average Bonchev–Trinajstić information content (AvgIpc) is 3.20. The summed E-state index contributed by atoms with van der Waals surface area (Å²) in [5.74, 6) is 0.632. The molecule has 0 atom stereocenters. The molecule has 0 aliphatic heterocycles. The maximum atomic E-state index is 5.52. The number of fused-ring (bicyclic) bond motifs is 1. The lowest BCUT2D eigenvalue weighted by Gasteiger charge is -2.04. The number of nitrogens with zero attached hydrogens (tertiary/aromatic N) is 4. The van der Waals surface area contributed by atoms with Crippen molar-refractivity contribution in [3.63, 3.8) is 0 Å². The van der Waals surface area contributed by atoms with E-state index < -0.39 is 0 Å². The van der Waals surface area contributed by atoms with Gasteiger partial charge in [-0.2, -0.15) is 10.1 Å². The van der Waals surface area contributed by atoms with E-state index in [9.17, 15) is 0 Å². The second-order valence-corrected chi connectivity index (χ2v) is 5.70. The minimum Gasteiger partial charge on any atom is -0.378 e. The third-order valence-corrected chi connectivity index (χ3v) is 3.94. The van der Waals surface area contributed by atoms with Crippen LogP contribution in [0.2, 0.25) is 0 Å². The van der Waals surface area contributed by atoms with Crippen molar-refractivity contribution in [2.24, 2.45) is 0 Å². The molecule has 2 aromatic carbocycles. The lowest BCUT2D eigenvalue weighted by atomic mass is 10.1. The highest BCUT2D eigenvalue weighted by Gasteiger charge is 2.13. The van der Waals surface area contributed by atoms with Crippen molar-refractivity contribution in [3.8, 4) is 5.69 Å². The number of anilines is 1. The lowest BCUT2D eigenvalue weighted by molar-refractivity contribution is 0.182. The fourth-order valence-electron chi connectivity index (χ4n) is 2.86. The smallest absolute Gasteiger partial charge is 0.260 e. The molecule has 0 radical (unpaired) electrons. The quantitative estimate of drug-likeness (QED) is 0.603. The largest absolute Gasteiger partial charge is 0.378 e. The van der Waals surface area contributed by atoms with Gasteiger partial charge >= 0.3 is 0 Å². The zero-order valence-corrected chi connectivity index (χ0v) is 13.7. The average molecular weight is 335 g/mol. The predicted octanol–water partition coefficient (Wildman–Crippen LogP) is 2.73. The topological polar surface area (TPSA) is 92.0 Å². The zero-order chi connectivity index (χ0) is 17.2. The molecular weight excluding hydrogens is 318 g/mol. The van der Waals surface area contributed by atoms with Gasteiger partial charge in [-0.15, -0.1) is 0 Å². The Balaban J connectivity index is 1.81. The van der Waals surface area contributed by atoms with Gasteiger partial charge in [0.15, 0.2) is 0 Å². The summed E-state index contributed by atoms with van der Waals surface area (Å²) >= 11 is 0. The Morgan fingerprint density at radius 3 is 2.72 bits per heavy atom. The minimum absolute atomic E-state index is 0.146. The highest BCUT2D eigenvalue weighted by molar-refractivity contribution is 5.84. The number of hydrogen-bond donors (Lipinski definition) is 1. The summed E-state index contributed by atoms with van der Waals surface area (Å²) < 4.78 is 12.3. The molecule has 0 fully saturated rings. The summed E-state index contributed by atoms with van der Waals surface area (Å²) in [6.07, 6.45) is 0.514. The molecule has 4 rings (SSSR count).